The largest absolute Gasteiger partial charge is 0.428 e. The first-order valence-corrected chi connectivity index (χ1v) is 5.33. The fourth-order valence-corrected chi connectivity index (χ4v) is 1.55. The molecular formula is C12H15N3O. The van der Waals surface area contributed by atoms with Crippen LogP contribution in [0.4, 0.5) is 6.01 Å². The second-order valence-corrected chi connectivity index (χ2v) is 3.60. The summed E-state index contributed by atoms with van der Waals surface area (Å²) in [6, 6.07) is 6.51. The average molecular weight is 217 g/mol. The van der Waals surface area contributed by atoms with Gasteiger partial charge in [-0.25, -0.2) is 0 Å². The van der Waals surface area contributed by atoms with Crippen molar-refractivity contribution in [3.05, 3.63) is 41.5 Å². The van der Waals surface area contributed by atoms with Crippen molar-refractivity contribution in [2.24, 2.45) is 0 Å². The Bertz CT molecular complexity index is 451. The Morgan fingerprint density at radius 2 is 2.19 bits per heavy atom. The summed E-state index contributed by atoms with van der Waals surface area (Å²) in [5, 5.41) is 2.89. The summed E-state index contributed by atoms with van der Waals surface area (Å²) >= 11 is 0. The SMILES string of the molecule is CNc1nc(C)c(CCc2ccccn2)o1. The molecule has 16 heavy (non-hydrogen) atoms. The number of anilines is 1. The molecule has 0 fully saturated rings. The number of nitrogens with one attached hydrogen (secondary N) is 1. The summed E-state index contributed by atoms with van der Waals surface area (Å²) in [5.74, 6) is 0.926. The molecule has 0 saturated heterocycles. The van der Waals surface area contributed by atoms with E-state index in [9.17, 15) is 0 Å². The first kappa shape index (κ1) is 10.7. The van der Waals surface area contributed by atoms with E-state index in [0.29, 0.717) is 6.01 Å². The Labute approximate surface area is 94.7 Å². The van der Waals surface area contributed by atoms with Crippen LogP contribution in [0.25, 0.3) is 0 Å². The predicted octanol–water partition coefficient (Wildman–Crippen LogP) is 2.20. The van der Waals surface area contributed by atoms with Gasteiger partial charge in [0.25, 0.3) is 6.01 Å². The quantitative estimate of drug-likeness (QED) is 0.853. The van der Waals surface area contributed by atoms with Crippen LogP contribution in [0.5, 0.6) is 0 Å². The third-order valence-electron chi connectivity index (χ3n) is 2.44. The van der Waals surface area contributed by atoms with Crippen molar-refractivity contribution in [2.75, 3.05) is 12.4 Å². The lowest BCUT2D eigenvalue weighted by molar-refractivity contribution is 0.515. The standard InChI is InChI=1S/C12H15N3O/c1-9-11(16-12(13-2)15-9)7-6-10-5-3-4-8-14-10/h3-5,8H,6-7H2,1-2H3,(H,13,15). The van der Waals surface area contributed by atoms with Crippen LogP contribution >= 0.6 is 0 Å². The molecule has 2 heterocycles. The zero-order chi connectivity index (χ0) is 11.4. The number of aromatic nitrogens is 2. The lowest BCUT2D eigenvalue weighted by Gasteiger charge is -1.98. The van der Waals surface area contributed by atoms with Gasteiger partial charge in [0.2, 0.25) is 0 Å². The van der Waals surface area contributed by atoms with Gasteiger partial charge in [0.05, 0.1) is 5.69 Å². The molecule has 0 bridgehead atoms. The molecule has 2 aromatic heterocycles. The highest BCUT2D eigenvalue weighted by Gasteiger charge is 2.08. The van der Waals surface area contributed by atoms with Crippen molar-refractivity contribution in [3.63, 3.8) is 0 Å². The van der Waals surface area contributed by atoms with E-state index in [1.54, 1.807) is 7.05 Å². The number of nitrogens with zero attached hydrogens (tertiary/aromatic N) is 2. The van der Waals surface area contributed by atoms with E-state index < -0.39 is 0 Å². The molecule has 2 rings (SSSR count). The zero-order valence-corrected chi connectivity index (χ0v) is 9.53. The molecule has 0 aliphatic rings. The number of hydrogen-bond donors (Lipinski definition) is 1. The normalized spacial score (nSPS) is 10.4. The number of hydrogen-bond acceptors (Lipinski definition) is 4. The Hall–Kier alpha value is -1.84. The number of pyridine rings is 1. The molecule has 0 aliphatic heterocycles. The van der Waals surface area contributed by atoms with E-state index in [4.69, 9.17) is 4.42 Å². The van der Waals surface area contributed by atoms with E-state index in [1.165, 1.54) is 0 Å². The molecule has 0 atom stereocenters. The average Bonchev–Trinajstić information content (AvgIpc) is 2.69. The Kier molecular flexibility index (Phi) is 3.19. The van der Waals surface area contributed by atoms with Crippen LogP contribution in [0.15, 0.2) is 28.8 Å². The van der Waals surface area contributed by atoms with Crippen LogP contribution in [-0.4, -0.2) is 17.0 Å². The Morgan fingerprint density at radius 3 is 2.81 bits per heavy atom. The minimum atomic E-state index is 0.577. The zero-order valence-electron chi connectivity index (χ0n) is 9.53. The molecule has 2 aromatic rings. The van der Waals surface area contributed by atoms with Crippen LogP contribution in [0.1, 0.15) is 17.1 Å². The van der Waals surface area contributed by atoms with E-state index in [2.05, 4.69) is 15.3 Å². The Morgan fingerprint density at radius 1 is 1.31 bits per heavy atom. The minimum absolute atomic E-state index is 0.577. The third-order valence-corrected chi connectivity index (χ3v) is 2.44. The van der Waals surface area contributed by atoms with Crippen LogP contribution in [0.2, 0.25) is 0 Å². The van der Waals surface area contributed by atoms with E-state index in [-0.39, 0.29) is 0 Å². The van der Waals surface area contributed by atoms with Gasteiger partial charge >= 0.3 is 0 Å². The van der Waals surface area contributed by atoms with Crippen molar-refractivity contribution < 1.29 is 4.42 Å². The maximum Gasteiger partial charge on any atom is 0.294 e. The second-order valence-electron chi connectivity index (χ2n) is 3.60. The first-order chi connectivity index (χ1) is 7.79. The molecule has 0 amide bonds. The van der Waals surface area contributed by atoms with Crippen LogP contribution < -0.4 is 5.32 Å². The van der Waals surface area contributed by atoms with Crippen LogP contribution in [0, 0.1) is 6.92 Å². The predicted molar refractivity (Wildman–Crippen MR) is 62.4 cm³/mol. The number of oxazole rings is 1. The fourth-order valence-electron chi connectivity index (χ4n) is 1.55. The highest BCUT2D eigenvalue weighted by atomic mass is 16.4. The molecule has 0 radical (unpaired) electrons. The fraction of sp³-hybridized carbons (Fsp3) is 0.333. The molecule has 0 aliphatic carbocycles. The van der Waals surface area contributed by atoms with Gasteiger partial charge in [-0.1, -0.05) is 6.07 Å². The molecule has 84 valence electrons. The number of rotatable bonds is 4. The van der Waals surface area contributed by atoms with Crippen LogP contribution in [-0.2, 0) is 12.8 Å². The van der Waals surface area contributed by atoms with Gasteiger partial charge in [-0.15, -0.1) is 0 Å². The van der Waals surface area contributed by atoms with E-state index in [1.807, 2.05) is 31.3 Å². The van der Waals surface area contributed by atoms with Gasteiger partial charge in [-0.3, -0.25) is 4.98 Å². The molecular weight excluding hydrogens is 202 g/mol. The van der Waals surface area contributed by atoms with Gasteiger partial charge < -0.3 is 9.73 Å². The summed E-state index contributed by atoms with van der Waals surface area (Å²) in [7, 11) is 1.80. The highest BCUT2D eigenvalue weighted by Crippen LogP contribution is 2.15. The topological polar surface area (TPSA) is 51.0 Å². The van der Waals surface area contributed by atoms with Crippen molar-refractivity contribution in [1.82, 2.24) is 9.97 Å². The summed E-state index contributed by atoms with van der Waals surface area (Å²) in [6.07, 6.45) is 3.51. The molecule has 0 spiro atoms. The molecule has 0 saturated carbocycles. The lowest BCUT2D eigenvalue weighted by Crippen LogP contribution is -1.93. The third kappa shape index (κ3) is 2.39. The van der Waals surface area contributed by atoms with Crippen LogP contribution in [0.3, 0.4) is 0 Å². The second kappa shape index (κ2) is 4.79. The van der Waals surface area contributed by atoms with Crippen molar-refractivity contribution in [3.8, 4) is 0 Å². The van der Waals surface area contributed by atoms with Gasteiger partial charge in [0, 0.05) is 25.4 Å². The maximum atomic E-state index is 5.54. The van der Waals surface area contributed by atoms with Crippen molar-refractivity contribution >= 4 is 6.01 Å². The highest BCUT2D eigenvalue weighted by molar-refractivity contribution is 5.24. The van der Waals surface area contributed by atoms with Crippen molar-refractivity contribution in [1.29, 1.82) is 0 Å². The minimum Gasteiger partial charge on any atom is -0.428 e. The van der Waals surface area contributed by atoms with Crippen molar-refractivity contribution in [2.45, 2.75) is 19.8 Å². The molecule has 4 heteroatoms. The smallest absolute Gasteiger partial charge is 0.294 e. The summed E-state index contributed by atoms with van der Waals surface area (Å²) in [4.78, 5) is 8.52. The molecule has 1 N–H and O–H groups in total. The van der Waals surface area contributed by atoms with E-state index in [0.717, 1.165) is 30.0 Å². The van der Waals surface area contributed by atoms with Gasteiger partial charge in [-0.05, 0) is 25.5 Å². The molecule has 0 unspecified atom stereocenters. The van der Waals surface area contributed by atoms with E-state index >= 15 is 0 Å². The maximum absolute atomic E-state index is 5.54. The monoisotopic (exact) mass is 217 g/mol. The number of aryl methyl sites for hydroxylation is 3. The van der Waals surface area contributed by atoms with Gasteiger partial charge in [0.1, 0.15) is 5.76 Å². The summed E-state index contributed by atoms with van der Waals surface area (Å²) < 4.78 is 5.54. The molecule has 4 nitrogen and oxygen atoms in total. The first-order valence-electron chi connectivity index (χ1n) is 5.33. The van der Waals surface area contributed by atoms with Gasteiger partial charge in [0.15, 0.2) is 0 Å². The molecule has 0 aromatic carbocycles. The lowest BCUT2D eigenvalue weighted by atomic mass is 10.2. The summed E-state index contributed by atoms with van der Waals surface area (Å²) in [6.45, 7) is 1.96. The Balaban J connectivity index is 2.02. The summed E-state index contributed by atoms with van der Waals surface area (Å²) in [5.41, 5.74) is 2.02. The van der Waals surface area contributed by atoms with Gasteiger partial charge in [-0.2, -0.15) is 4.98 Å².